The highest BCUT2D eigenvalue weighted by atomic mass is 79.9. The second kappa shape index (κ2) is 5.51. The second-order valence-corrected chi connectivity index (χ2v) is 6.27. The Morgan fingerprint density at radius 3 is 2.89 bits per heavy atom. The Morgan fingerprint density at radius 2 is 2.11 bits per heavy atom. The molecule has 2 aromatic rings. The summed E-state index contributed by atoms with van der Waals surface area (Å²) in [4.78, 5) is 4.79. The zero-order valence-electron chi connectivity index (χ0n) is 9.93. The third-order valence-electron chi connectivity index (χ3n) is 3.21. The molecule has 2 heterocycles. The Balaban J connectivity index is 1.84. The van der Waals surface area contributed by atoms with Crippen LogP contribution in [0.15, 0.2) is 34.1 Å². The van der Waals surface area contributed by atoms with Gasteiger partial charge in [-0.2, -0.15) is 0 Å². The molecule has 0 aliphatic carbocycles. The Kier molecular flexibility index (Phi) is 3.77. The molecule has 1 aliphatic rings. The largest absolute Gasteiger partial charge is 0.381 e. The van der Waals surface area contributed by atoms with Crippen LogP contribution in [0.3, 0.4) is 0 Å². The van der Waals surface area contributed by atoms with E-state index < -0.39 is 0 Å². The lowest BCUT2D eigenvalue weighted by Crippen LogP contribution is -2.13. The second-order valence-electron chi connectivity index (χ2n) is 4.47. The van der Waals surface area contributed by atoms with E-state index in [0.29, 0.717) is 5.92 Å². The summed E-state index contributed by atoms with van der Waals surface area (Å²) in [5.74, 6) is 0.588. The number of thiazole rings is 1. The van der Waals surface area contributed by atoms with Crippen molar-refractivity contribution in [1.82, 2.24) is 4.98 Å². The first-order chi connectivity index (χ1) is 8.83. The first kappa shape index (κ1) is 12.3. The molecule has 1 aromatic heterocycles. The van der Waals surface area contributed by atoms with E-state index in [2.05, 4.69) is 33.4 Å². The molecule has 0 spiro atoms. The Labute approximate surface area is 119 Å². The Bertz CT molecular complexity index is 534. The molecule has 1 aliphatic heterocycles. The molecule has 1 fully saturated rings. The monoisotopic (exact) mass is 323 g/mol. The van der Waals surface area contributed by atoms with Gasteiger partial charge in [0.25, 0.3) is 0 Å². The van der Waals surface area contributed by atoms with Gasteiger partial charge in [-0.1, -0.05) is 28.1 Å². The van der Waals surface area contributed by atoms with E-state index in [0.717, 1.165) is 36.2 Å². The summed E-state index contributed by atoms with van der Waals surface area (Å²) in [5.41, 5.74) is 2.27. The molecule has 94 valence electrons. The predicted molar refractivity (Wildman–Crippen MR) is 78.0 cm³/mol. The highest BCUT2D eigenvalue weighted by Crippen LogP contribution is 2.32. The van der Waals surface area contributed by atoms with E-state index in [4.69, 9.17) is 9.72 Å². The highest BCUT2D eigenvalue weighted by Gasteiger charge is 2.19. The lowest BCUT2D eigenvalue weighted by Gasteiger charge is -2.19. The van der Waals surface area contributed by atoms with Crippen LogP contribution >= 0.6 is 27.3 Å². The van der Waals surface area contributed by atoms with Gasteiger partial charge in [-0.25, -0.2) is 4.98 Å². The van der Waals surface area contributed by atoms with Crippen LogP contribution < -0.4 is 0 Å². The van der Waals surface area contributed by atoms with Crippen LogP contribution in [0.25, 0.3) is 11.3 Å². The summed E-state index contributed by atoms with van der Waals surface area (Å²) in [6, 6.07) is 8.30. The Morgan fingerprint density at radius 1 is 1.28 bits per heavy atom. The molecule has 1 saturated heterocycles. The SMILES string of the molecule is Brc1cccc(-c2csc(C3CCOCC3)n2)c1. The minimum atomic E-state index is 0.588. The number of hydrogen-bond acceptors (Lipinski definition) is 3. The normalized spacial score (nSPS) is 16.9. The minimum Gasteiger partial charge on any atom is -0.381 e. The van der Waals surface area contributed by atoms with Gasteiger partial charge in [0.1, 0.15) is 0 Å². The summed E-state index contributed by atoms with van der Waals surface area (Å²) in [6.07, 6.45) is 2.21. The standard InChI is InChI=1S/C14H14BrNOS/c15-12-3-1-2-11(8-12)13-9-18-14(16-13)10-4-6-17-7-5-10/h1-3,8-10H,4-7H2. The van der Waals surface area contributed by atoms with E-state index in [1.807, 2.05) is 12.1 Å². The maximum absolute atomic E-state index is 5.40. The quantitative estimate of drug-likeness (QED) is 0.813. The third-order valence-corrected chi connectivity index (χ3v) is 4.71. The highest BCUT2D eigenvalue weighted by molar-refractivity contribution is 9.10. The molecule has 4 heteroatoms. The van der Waals surface area contributed by atoms with Gasteiger partial charge in [-0.15, -0.1) is 11.3 Å². The smallest absolute Gasteiger partial charge is 0.0965 e. The molecule has 0 amide bonds. The van der Waals surface area contributed by atoms with Crippen LogP contribution in [-0.2, 0) is 4.74 Å². The lowest BCUT2D eigenvalue weighted by atomic mass is 10.0. The molecule has 0 radical (unpaired) electrons. The zero-order valence-corrected chi connectivity index (χ0v) is 12.3. The number of hydrogen-bond donors (Lipinski definition) is 0. The summed E-state index contributed by atoms with van der Waals surface area (Å²) in [6.45, 7) is 1.74. The lowest BCUT2D eigenvalue weighted by molar-refractivity contribution is 0.0853. The molecular formula is C14H14BrNOS. The molecular weight excluding hydrogens is 310 g/mol. The van der Waals surface area contributed by atoms with Crippen LogP contribution in [0.5, 0.6) is 0 Å². The number of nitrogens with zero attached hydrogens (tertiary/aromatic N) is 1. The van der Waals surface area contributed by atoms with Crippen LogP contribution in [0.2, 0.25) is 0 Å². The van der Waals surface area contributed by atoms with Gasteiger partial charge in [-0.05, 0) is 25.0 Å². The molecule has 0 bridgehead atoms. The van der Waals surface area contributed by atoms with Gasteiger partial charge in [0.05, 0.1) is 10.7 Å². The molecule has 18 heavy (non-hydrogen) atoms. The minimum absolute atomic E-state index is 0.588. The van der Waals surface area contributed by atoms with E-state index in [-0.39, 0.29) is 0 Å². The fourth-order valence-corrected chi connectivity index (χ4v) is 3.60. The fourth-order valence-electron chi connectivity index (χ4n) is 2.20. The molecule has 0 atom stereocenters. The van der Waals surface area contributed by atoms with Crippen molar-refractivity contribution < 1.29 is 4.74 Å². The molecule has 2 nitrogen and oxygen atoms in total. The third kappa shape index (κ3) is 2.66. The molecule has 3 rings (SSSR count). The van der Waals surface area contributed by atoms with E-state index in [9.17, 15) is 0 Å². The van der Waals surface area contributed by atoms with Gasteiger partial charge in [0.2, 0.25) is 0 Å². The van der Waals surface area contributed by atoms with Crippen LogP contribution in [0, 0.1) is 0 Å². The van der Waals surface area contributed by atoms with Crippen molar-refractivity contribution in [2.45, 2.75) is 18.8 Å². The summed E-state index contributed by atoms with van der Waals surface area (Å²) >= 11 is 5.28. The number of benzene rings is 1. The average Bonchev–Trinajstić information content (AvgIpc) is 2.89. The van der Waals surface area contributed by atoms with Gasteiger partial charge in [0.15, 0.2) is 0 Å². The number of ether oxygens (including phenoxy) is 1. The van der Waals surface area contributed by atoms with Crippen LogP contribution in [0.1, 0.15) is 23.8 Å². The zero-order chi connectivity index (χ0) is 12.4. The van der Waals surface area contributed by atoms with Crippen molar-refractivity contribution in [1.29, 1.82) is 0 Å². The van der Waals surface area contributed by atoms with Crippen molar-refractivity contribution in [2.24, 2.45) is 0 Å². The summed E-state index contributed by atoms with van der Waals surface area (Å²) < 4.78 is 6.50. The van der Waals surface area contributed by atoms with E-state index in [1.165, 1.54) is 10.6 Å². The van der Waals surface area contributed by atoms with Gasteiger partial charge >= 0.3 is 0 Å². The maximum Gasteiger partial charge on any atom is 0.0965 e. The average molecular weight is 324 g/mol. The molecule has 0 unspecified atom stereocenters. The Hall–Kier alpha value is -0.710. The van der Waals surface area contributed by atoms with Crippen molar-refractivity contribution in [2.75, 3.05) is 13.2 Å². The predicted octanol–water partition coefficient (Wildman–Crippen LogP) is 4.47. The van der Waals surface area contributed by atoms with Crippen molar-refractivity contribution in [3.63, 3.8) is 0 Å². The van der Waals surface area contributed by atoms with Crippen molar-refractivity contribution >= 4 is 27.3 Å². The number of rotatable bonds is 2. The van der Waals surface area contributed by atoms with Gasteiger partial charge < -0.3 is 4.74 Å². The number of halogens is 1. The fraction of sp³-hybridized carbons (Fsp3) is 0.357. The van der Waals surface area contributed by atoms with Crippen molar-refractivity contribution in [3.05, 3.63) is 39.1 Å². The van der Waals surface area contributed by atoms with Gasteiger partial charge in [0, 0.05) is 34.5 Å². The first-order valence-corrected chi connectivity index (χ1v) is 7.79. The topological polar surface area (TPSA) is 22.1 Å². The number of aromatic nitrogens is 1. The van der Waals surface area contributed by atoms with E-state index in [1.54, 1.807) is 11.3 Å². The van der Waals surface area contributed by atoms with Gasteiger partial charge in [-0.3, -0.25) is 0 Å². The van der Waals surface area contributed by atoms with Crippen LogP contribution in [-0.4, -0.2) is 18.2 Å². The first-order valence-electron chi connectivity index (χ1n) is 6.12. The molecule has 0 saturated carbocycles. The summed E-state index contributed by atoms with van der Waals surface area (Å²) in [7, 11) is 0. The summed E-state index contributed by atoms with van der Waals surface area (Å²) in [5, 5.41) is 3.42. The van der Waals surface area contributed by atoms with Crippen LogP contribution in [0.4, 0.5) is 0 Å². The molecule has 0 N–H and O–H groups in total. The van der Waals surface area contributed by atoms with Crippen molar-refractivity contribution in [3.8, 4) is 11.3 Å². The van der Waals surface area contributed by atoms with E-state index >= 15 is 0 Å². The maximum atomic E-state index is 5.40. The molecule has 1 aromatic carbocycles.